The molecule has 2 heterocycles. The van der Waals surface area contributed by atoms with Crippen LogP contribution >= 0.6 is 0 Å². The normalized spacial score (nSPS) is 15.6. The van der Waals surface area contributed by atoms with Gasteiger partial charge in [-0.05, 0) is 31.0 Å². The van der Waals surface area contributed by atoms with Gasteiger partial charge in [0.25, 0.3) is 0 Å². The van der Waals surface area contributed by atoms with Crippen LogP contribution in [0.15, 0.2) is 18.2 Å². The van der Waals surface area contributed by atoms with E-state index in [0.29, 0.717) is 11.4 Å². The van der Waals surface area contributed by atoms with E-state index in [4.69, 9.17) is 5.73 Å². The highest BCUT2D eigenvalue weighted by Crippen LogP contribution is 2.34. The van der Waals surface area contributed by atoms with Crippen LogP contribution in [0, 0.1) is 0 Å². The first kappa shape index (κ1) is 13.9. The van der Waals surface area contributed by atoms with E-state index in [1.807, 2.05) is 4.57 Å². The molecule has 2 N–H and O–H groups in total. The lowest BCUT2D eigenvalue weighted by Crippen LogP contribution is -2.08. The van der Waals surface area contributed by atoms with Gasteiger partial charge in [-0.15, -0.1) is 10.2 Å². The molecular weight excluding hydrogens is 281 g/mol. The Balaban J connectivity index is 2.04. The lowest BCUT2D eigenvalue weighted by molar-refractivity contribution is -0.137. The van der Waals surface area contributed by atoms with Crippen molar-refractivity contribution in [2.45, 2.75) is 38.4 Å². The van der Waals surface area contributed by atoms with Gasteiger partial charge in [-0.3, -0.25) is 0 Å². The summed E-state index contributed by atoms with van der Waals surface area (Å²) in [5, 5.41) is 8.25. The molecule has 0 aliphatic carbocycles. The van der Waals surface area contributed by atoms with Gasteiger partial charge in [0.15, 0.2) is 5.82 Å². The van der Waals surface area contributed by atoms with Gasteiger partial charge in [0.1, 0.15) is 5.82 Å². The number of nitrogen functional groups attached to an aromatic ring is 1. The predicted octanol–water partition coefficient (Wildman–Crippen LogP) is 3.27. The van der Waals surface area contributed by atoms with E-state index in [-0.39, 0.29) is 5.69 Å². The summed E-state index contributed by atoms with van der Waals surface area (Å²) in [6.07, 6.45) is -0.369. The van der Waals surface area contributed by atoms with Crippen LogP contribution in [0.25, 0.3) is 11.4 Å². The summed E-state index contributed by atoms with van der Waals surface area (Å²) in [5.41, 5.74) is 5.63. The average Bonchev–Trinajstić information content (AvgIpc) is 2.66. The Bertz CT molecular complexity index is 661. The van der Waals surface area contributed by atoms with Crippen molar-refractivity contribution in [1.29, 1.82) is 0 Å². The van der Waals surface area contributed by atoms with Crippen LogP contribution in [0.3, 0.4) is 0 Å². The summed E-state index contributed by atoms with van der Waals surface area (Å²) < 4.78 is 40.0. The van der Waals surface area contributed by atoms with E-state index >= 15 is 0 Å². The molecule has 0 atom stereocenters. The van der Waals surface area contributed by atoms with Crippen molar-refractivity contribution < 1.29 is 13.2 Å². The van der Waals surface area contributed by atoms with Gasteiger partial charge < -0.3 is 10.3 Å². The third kappa shape index (κ3) is 2.59. The number of nitrogens with two attached hydrogens (primary N) is 1. The fourth-order valence-electron chi connectivity index (χ4n) is 2.63. The number of benzene rings is 1. The van der Waals surface area contributed by atoms with Gasteiger partial charge in [0, 0.05) is 24.2 Å². The fourth-order valence-corrected chi connectivity index (χ4v) is 2.63. The van der Waals surface area contributed by atoms with Gasteiger partial charge in [-0.2, -0.15) is 13.2 Å². The number of halogens is 3. The quantitative estimate of drug-likeness (QED) is 0.822. The topological polar surface area (TPSA) is 56.7 Å². The number of rotatable bonds is 1. The van der Waals surface area contributed by atoms with Gasteiger partial charge >= 0.3 is 6.18 Å². The Morgan fingerprint density at radius 2 is 1.90 bits per heavy atom. The largest absolute Gasteiger partial charge is 0.416 e. The van der Waals surface area contributed by atoms with Crippen LogP contribution < -0.4 is 5.73 Å². The molecule has 3 rings (SSSR count). The molecule has 112 valence electrons. The summed E-state index contributed by atoms with van der Waals surface area (Å²) in [7, 11) is 0. The molecule has 0 unspecified atom stereocenters. The lowest BCUT2D eigenvalue weighted by atomic mass is 10.1. The maximum atomic E-state index is 12.7. The molecule has 0 amide bonds. The summed E-state index contributed by atoms with van der Waals surface area (Å²) in [4.78, 5) is 0. The zero-order valence-corrected chi connectivity index (χ0v) is 11.3. The first-order valence-corrected chi connectivity index (χ1v) is 6.86. The van der Waals surface area contributed by atoms with Crippen LogP contribution in [0.1, 0.15) is 30.7 Å². The summed E-state index contributed by atoms with van der Waals surface area (Å²) >= 11 is 0. The second-order valence-corrected chi connectivity index (χ2v) is 5.20. The molecular formula is C14H15F3N4. The third-order valence-corrected chi connectivity index (χ3v) is 3.73. The molecule has 0 radical (unpaired) electrons. The number of fused-ring (bicyclic) bond motifs is 1. The molecule has 7 heteroatoms. The first-order chi connectivity index (χ1) is 9.97. The van der Waals surface area contributed by atoms with E-state index in [9.17, 15) is 13.2 Å². The highest BCUT2D eigenvalue weighted by Gasteiger charge is 2.31. The van der Waals surface area contributed by atoms with Crippen molar-refractivity contribution in [2.75, 3.05) is 5.73 Å². The Morgan fingerprint density at radius 1 is 1.10 bits per heavy atom. The van der Waals surface area contributed by atoms with Crippen molar-refractivity contribution >= 4 is 5.69 Å². The zero-order valence-electron chi connectivity index (χ0n) is 11.3. The fraction of sp³-hybridized carbons (Fsp3) is 0.429. The lowest BCUT2D eigenvalue weighted by Gasteiger charge is -2.12. The molecule has 1 aliphatic rings. The second-order valence-electron chi connectivity index (χ2n) is 5.20. The molecule has 0 fully saturated rings. The van der Waals surface area contributed by atoms with E-state index in [1.165, 1.54) is 6.07 Å². The van der Waals surface area contributed by atoms with Gasteiger partial charge in [-0.25, -0.2) is 0 Å². The predicted molar refractivity (Wildman–Crippen MR) is 72.4 cm³/mol. The second kappa shape index (κ2) is 5.05. The minimum Gasteiger partial charge on any atom is -0.398 e. The van der Waals surface area contributed by atoms with Crippen molar-refractivity contribution in [3.8, 4) is 11.4 Å². The van der Waals surface area contributed by atoms with Crippen LogP contribution in [-0.2, 0) is 19.1 Å². The van der Waals surface area contributed by atoms with Gasteiger partial charge in [0.05, 0.1) is 5.56 Å². The zero-order chi connectivity index (χ0) is 15.0. The molecule has 1 aromatic carbocycles. The summed E-state index contributed by atoms with van der Waals surface area (Å²) in [6.45, 7) is 0.776. The maximum absolute atomic E-state index is 12.7. The van der Waals surface area contributed by atoms with Crippen LogP contribution in [0.4, 0.5) is 18.9 Å². The van der Waals surface area contributed by atoms with E-state index in [1.54, 1.807) is 0 Å². The summed E-state index contributed by atoms with van der Waals surface area (Å²) in [6, 6.07) is 3.36. The smallest absolute Gasteiger partial charge is 0.398 e. The molecule has 0 spiro atoms. The molecule has 21 heavy (non-hydrogen) atoms. The average molecular weight is 296 g/mol. The highest BCUT2D eigenvalue weighted by molar-refractivity contribution is 5.72. The minimum absolute atomic E-state index is 0.0734. The van der Waals surface area contributed by atoms with Crippen molar-refractivity contribution in [3.05, 3.63) is 29.6 Å². The Kier molecular flexibility index (Phi) is 3.35. The molecule has 1 aromatic heterocycles. The molecule has 0 saturated heterocycles. The number of hydrogen-bond donors (Lipinski definition) is 1. The highest BCUT2D eigenvalue weighted by atomic mass is 19.4. The number of nitrogens with zero attached hydrogens (tertiary/aromatic N) is 3. The van der Waals surface area contributed by atoms with Crippen molar-refractivity contribution in [3.63, 3.8) is 0 Å². The molecule has 2 aromatic rings. The monoisotopic (exact) mass is 296 g/mol. The van der Waals surface area contributed by atoms with Gasteiger partial charge in [0.2, 0.25) is 0 Å². The number of hydrogen-bond acceptors (Lipinski definition) is 3. The Hall–Kier alpha value is -2.05. The Labute approximate surface area is 119 Å². The van der Waals surface area contributed by atoms with Crippen molar-refractivity contribution in [2.24, 2.45) is 0 Å². The van der Waals surface area contributed by atoms with Crippen LogP contribution in [0.5, 0.6) is 0 Å². The summed E-state index contributed by atoms with van der Waals surface area (Å²) in [5.74, 6) is 1.43. The van der Waals surface area contributed by atoms with Crippen LogP contribution in [-0.4, -0.2) is 14.8 Å². The standard InChI is InChI=1S/C14H15F3N4/c15-14(16,17)9-5-6-10(11(18)8-9)13-20-19-12-4-2-1-3-7-21(12)13/h5-6,8H,1-4,7,18H2. The number of anilines is 1. The minimum atomic E-state index is -4.39. The third-order valence-electron chi connectivity index (χ3n) is 3.73. The van der Waals surface area contributed by atoms with E-state index in [0.717, 1.165) is 50.2 Å². The number of aromatic nitrogens is 3. The SMILES string of the molecule is Nc1cc(C(F)(F)F)ccc1-c1nnc2n1CCCCC2. The van der Waals surface area contributed by atoms with Crippen LogP contribution in [0.2, 0.25) is 0 Å². The van der Waals surface area contributed by atoms with Crippen molar-refractivity contribution in [1.82, 2.24) is 14.8 Å². The van der Waals surface area contributed by atoms with E-state index in [2.05, 4.69) is 10.2 Å². The number of aryl methyl sites for hydroxylation is 1. The van der Waals surface area contributed by atoms with Gasteiger partial charge in [-0.1, -0.05) is 6.42 Å². The number of alkyl halides is 3. The first-order valence-electron chi connectivity index (χ1n) is 6.86. The molecule has 0 bridgehead atoms. The van der Waals surface area contributed by atoms with E-state index < -0.39 is 11.7 Å². The molecule has 0 saturated carbocycles. The molecule has 4 nitrogen and oxygen atoms in total. The Morgan fingerprint density at radius 3 is 2.62 bits per heavy atom. The maximum Gasteiger partial charge on any atom is 0.416 e. The molecule has 1 aliphatic heterocycles.